The molecular weight excluding hydrogens is 382 g/mol. The highest BCUT2D eigenvalue weighted by Gasteiger charge is 2.36. The molecule has 0 aliphatic carbocycles. The summed E-state index contributed by atoms with van der Waals surface area (Å²) in [4.78, 5) is 33.7. The van der Waals surface area contributed by atoms with E-state index in [1.807, 2.05) is 45.0 Å². The first-order chi connectivity index (χ1) is 12.9. The summed E-state index contributed by atoms with van der Waals surface area (Å²) >= 11 is 2.31. The zero-order chi connectivity index (χ0) is 19.1. The molecule has 8 heteroatoms. The minimum absolute atomic E-state index is 0.164. The molecule has 0 unspecified atom stereocenters. The molecular formula is C19H17N3O3S2. The highest BCUT2D eigenvalue weighted by Crippen LogP contribution is 2.35. The van der Waals surface area contributed by atoms with Crippen molar-refractivity contribution in [3.05, 3.63) is 46.6 Å². The number of thioether (sulfide) groups is 1. The van der Waals surface area contributed by atoms with Crippen molar-refractivity contribution in [2.75, 3.05) is 0 Å². The summed E-state index contributed by atoms with van der Waals surface area (Å²) < 4.78 is 5.78. The smallest absolute Gasteiger partial charge is 0.293 e. The van der Waals surface area contributed by atoms with Gasteiger partial charge in [0.05, 0.1) is 15.9 Å². The lowest BCUT2D eigenvalue weighted by atomic mass is 10.2. The second-order valence-corrected chi connectivity index (χ2v) is 8.45. The summed E-state index contributed by atoms with van der Waals surface area (Å²) in [5.74, 6) is 0.247. The van der Waals surface area contributed by atoms with Gasteiger partial charge in [0, 0.05) is 12.1 Å². The Morgan fingerprint density at radius 1 is 1.26 bits per heavy atom. The van der Waals surface area contributed by atoms with E-state index < -0.39 is 0 Å². The second kappa shape index (κ2) is 6.94. The number of aromatic amines is 1. The Bertz CT molecular complexity index is 1080. The number of benzene rings is 1. The Hall–Kier alpha value is -2.45. The zero-order valence-electron chi connectivity index (χ0n) is 15.0. The van der Waals surface area contributed by atoms with Crippen molar-refractivity contribution >= 4 is 51.8 Å². The number of fused-ring (bicyclic) bond motifs is 1. The van der Waals surface area contributed by atoms with Gasteiger partial charge in [0.2, 0.25) is 0 Å². The number of amides is 2. The van der Waals surface area contributed by atoms with E-state index in [1.54, 1.807) is 12.1 Å². The molecule has 1 aliphatic heterocycles. The van der Waals surface area contributed by atoms with Crippen LogP contribution in [0.3, 0.4) is 0 Å². The van der Waals surface area contributed by atoms with Gasteiger partial charge in [-0.3, -0.25) is 14.5 Å². The van der Waals surface area contributed by atoms with Crippen LogP contribution in [0, 0.1) is 6.92 Å². The largest absolute Gasteiger partial charge is 0.450 e. The molecule has 138 valence electrons. The highest BCUT2D eigenvalue weighted by molar-refractivity contribution is 8.18. The van der Waals surface area contributed by atoms with Gasteiger partial charge in [-0.25, -0.2) is 4.98 Å². The Kier molecular flexibility index (Phi) is 4.61. The third-order valence-corrected chi connectivity index (χ3v) is 5.72. The number of carbonyl (C=O) groups excluding carboxylic acids is 2. The van der Waals surface area contributed by atoms with Gasteiger partial charge in [0.15, 0.2) is 10.2 Å². The fourth-order valence-corrected chi connectivity index (χ4v) is 4.48. The van der Waals surface area contributed by atoms with E-state index in [0.717, 1.165) is 28.0 Å². The van der Waals surface area contributed by atoms with E-state index in [9.17, 15) is 9.59 Å². The molecule has 4 rings (SSSR count). The number of aromatic nitrogens is 2. The standard InChI is InChI=1S/C19H17N3O3S2/c1-10(2)22-17(23)15(26-19(22)24)9-12-5-7-16(25-12)27-18-20-13-6-4-11(3)8-14(13)21-18/h4-10H,1-3H3,(H,20,21). The molecule has 6 nitrogen and oxygen atoms in total. The van der Waals surface area contributed by atoms with Crippen molar-refractivity contribution < 1.29 is 14.0 Å². The number of nitrogens with one attached hydrogen (secondary N) is 1. The van der Waals surface area contributed by atoms with E-state index >= 15 is 0 Å². The molecule has 0 radical (unpaired) electrons. The zero-order valence-corrected chi connectivity index (χ0v) is 16.6. The number of imidazole rings is 1. The third-order valence-electron chi connectivity index (χ3n) is 4.03. The SMILES string of the molecule is Cc1ccc2nc(Sc3ccc(C=C4SC(=O)N(C(C)C)C4=O)o3)[nH]c2c1. The summed E-state index contributed by atoms with van der Waals surface area (Å²) in [7, 11) is 0. The van der Waals surface area contributed by atoms with Crippen molar-refractivity contribution in [3.63, 3.8) is 0 Å². The number of hydrogen-bond acceptors (Lipinski definition) is 6. The van der Waals surface area contributed by atoms with Gasteiger partial charge in [-0.2, -0.15) is 0 Å². The van der Waals surface area contributed by atoms with Crippen LogP contribution in [0.5, 0.6) is 0 Å². The Labute approximate surface area is 164 Å². The molecule has 0 saturated carbocycles. The monoisotopic (exact) mass is 399 g/mol. The molecule has 0 spiro atoms. The fourth-order valence-electron chi connectivity index (χ4n) is 2.76. The van der Waals surface area contributed by atoms with Gasteiger partial charge in [-0.1, -0.05) is 6.07 Å². The molecule has 2 aromatic heterocycles. The molecule has 0 bridgehead atoms. The minimum Gasteiger partial charge on any atom is -0.450 e. The average Bonchev–Trinajstić information content (AvgIpc) is 3.26. The molecule has 3 aromatic rings. The van der Waals surface area contributed by atoms with Crippen molar-refractivity contribution in [2.45, 2.75) is 37.1 Å². The van der Waals surface area contributed by atoms with Crippen LogP contribution >= 0.6 is 23.5 Å². The molecule has 27 heavy (non-hydrogen) atoms. The average molecular weight is 399 g/mol. The van der Waals surface area contributed by atoms with Crippen molar-refractivity contribution in [1.29, 1.82) is 0 Å². The van der Waals surface area contributed by atoms with E-state index in [4.69, 9.17) is 4.42 Å². The molecule has 1 N–H and O–H groups in total. The molecule has 1 aliphatic rings. The van der Waals surface area contributed by atoms with Gasteiger partial charge in [0.1, 0.15) is 5.76 Å². The van der Waals surface area contributed by atoms with Crippen LogP contribution in [0.1, 0.15) is 25.2 Å². The topological polar surface area (TPSA) is 79.2 Å². The van der Waals surface area contributed by atoms with Crippen molar-refractivity contribution in [1.82, 2.24) is 14.9 Å². The predicted octanol–water partition coefficient (Wildman–Crippen LogP) is 5.06. The number of hydrogen-bond donors (Lipinski definition) is 1. The number of nitrogens with zero attached hydrogens (tertiary/aromatic N) is 2. The van der Waals surface area contributed by atoms with Gasteiger partial charge < -0.3 is 9.40 Å². The quantitative estimate of drug-likeness (QED) is 0.618. The Morgan fingerprint density at radius 3 is 2.81 bits per heavy atom. The van der Waals surface area contributed by atoms with E-state index in [0.29, 0.717) is 15.8 Å². The number of rotatable bonds is 4. The lowest BCUT2D eigenvalue weighted by Gasteiger charge is -2.16. The first-order valence-corrected chi connectivity index (χ1v) is 10.0. The summed E-state index contributed by atoms with van der Waals surface area (Å²) in [6.45, 7) is 5.67. The van der Waals surface area contributed by atoms with Crippen LogP contribution in [0.4, 0.5) is 4.79 Å². The van der Waals surface area contributed by atoms with Crippen LogP contribution in [-0.2, 0) is 4.79 Å². The first kappa shape index (κ1) is 17.9. The summed E-state index contributed by atoms with van der Waals surface area (Å²) in [5.41, 5.74) is 3.04. The number of furan rings is 1. The van der Waals surface area contributed by atoms with Crippen molar-refractivity contribution in [3.8, 4) is 0 Å². The van der Waals surface area contributed by atoms with E-state index in [1.165, 1.54) is 22.2 Å². The molecule has 1 fully saturated rings. The summed E-state index contributed by atoms with van der Waals surface area (Å²) in [5, 5.41) is 1.14. The third kappa shape index (κ3) is 3.54. The lowest BCUT2D eigenvalue weighted by molar-refractivity contribution is -0.123. The normalized spacial score (nSPS) is 16.4. The van der Waals surface area contributed by atoms with Crippen LogP contribution in [0.25, 0.3) is 17.1 Å². The number of aryl methyl sites for hydroxylation is 1. The molecule has 2 amide bonds. The van der Waals surface area contributed by atoms with Gasteiger partial charge in [-0.15, -0.1) is 0 Å². The molecule has 0 atom stereocenters. The number of carbonyl (C=O) groups is 2. The molecule has 1 saturated heterocycles. The van der Waals surface area contributed by atoms with Crippen LogP contribution in [-0.4, -0.2) is 32.1 Å². The maximum Gasteiger partial charge on any atom is 0.293 e. The van der Waals surface area contributed by atoms with Crippen molar-refractivity contribution in [2.24, 2.45) is 0 Å². The highest BCUT2D eigenvalue weighted by atomic mass is 32.2. The minimum atomic E-state index is -0.279. The maximum atomic E-state index is 12.3. The molecule has 3 heterocycles. The lowest BCUT2D eigenvalue weighted by Crippen LogP contribution is -2.34. The summed E-state index contributed by atoms with van der Waals surface area (Å²) in [6.07, 6.45) is 1.61. The molecule has 1 aromatic carbocycles. The first-order valence-electron chi connectivity index (χ1n) is 8.42. The van der Waals surface area contributed by atoms with Crippen LogP contribution < -0.4 is 0 Å². The fraction of sp³-hybridized carbons (Fsp3) is 0.211. The van der Waals surface area contributed by atoms with E-state index in [2.05, 4.69) is 9.97 Å². The Balaban J connectivity index is 1.53. The number of H-pyrrole nitrogens is 1. The van der Waals surface area contributed by atoms with Gasteiger partial charge in [-0.05, 0) is 74.1 Å². The summed E-state index contributed by atoms with van der Waals surface area (Å²) in [6, 6.07) is 9.48. The van der Waals surface area contributed by atoms with Gasteiger partial charge >= 0.3 is 0 Å². The number of imide groups is 1. The van der Waals surface area contributed by atoms with Gasteiger partial charge in [0.25, 0.3) is 11.1 Å². The maximum absolute atomic E-state index is 12.3. The second-order valence-electron chi connectivity index (χ2n) is 6.47. The van der Waals surface area contributed by atoms with Crippen LogP contribution in [0.15, 0.2) is 49.9 Å². The van der Waals surface area contributed by atoms with Crippen LogP contribution in [0.2, 0.25) is 0 Å². The Morgan fingerprint density at radius 2 is 2.07 bits per heavy atom. The predicted molar refractivity (Wildman–Crippen MR) is 107 cm³/mol. The van der Waals surface area contributed by atoms with E-state index in [-0.39, 0.29) is 17.2 Å².